The number of carbonyl (C=O) groups is 1. The second-order valence-corrected chi connectivity index (χ2v) is 5.19. The quantitative estimate of drug-likeness (QED) is 0.535. The van der Waals surface area contributed by atoms with Crippen molar-refractivity contribution in [3.05, 3.63) is 71.2 Å². The van der Waals surface area contributed by atoms with Crippen molar-refractivity contribution < 1.29 is 9.21 Å². The lowest BCUT2D eigenvalue weighted by Crippen LogP contribution is -2.03. The molecule has 0 aliphatic carbocycles. The van der Waals surface area contributed by atoms with Gasteiger partial charge >= 0.3 is 0 Å². The summed E-state index contributed by atoms with van der Waals surface area (Å²) in [7, 11) is 1.73. The van der Waals surface area contributed by atoms with E-state index in [-0.39, 0.29) is 5.78 Å². The molecule has 0 N–H and O–H groups in total. The standard InChI is InChI=1S/C17H13ClN2O2/c1-20-15(9-10-19-20)16(21)7-5-14-6-8-17(22-14)12-3-2-4-13(18)11-12/h2-11H,1H3/b7-5+. The highest BCUT2D eigenvalue weighted by molar-refractivity contribution is 6.30. The number of aryl methyl sites for hydroxylation is 1. The number of nitrogens with zero attached hydrogens (tertiary/aromatic N) is 2. The monoisotopic (exact) mass is 312 g/mol. The third-order valence-electron chi connectivity index (χ3n) is 3.21. The van der Waals surface area contributed by atoms with Crippen LogP contribution in [-0.2, 0) is 7.05 Å². The van der Waals surface area contributed by atoms with Crippen LogP contribution in [0.5, 0.6) is 0 Å². The Bertz CT molecular complexity index is 846. The molecule has 0 saturated carbocycles. The Morgan fingerprint density at radius 3 is 2.86 bits per heavy atom. The molecule has 2 heterocycles. The van der Waals surface area contributed by atoms with Crippen molar-refractivity contribution >= 4 is 23.5 Å². The number of halogens is 1. The zero-order valence-electron chi connectivity index (χ0n) is 11.9. The molecule has 3 rings (SSSR count). The summed E-state index contributed by atoms with van der Waals surface area (Å²) < 4.78 is 7.24. The molecule has 3 aromatic rings. The zero-order chi connectivity index (χ0) is 15.5. The second kappa shape index (κ2) is 6.03. The SMILES string of the molecule is Cn1nccc1C(=O)/C=C/c1ccc(-c2cccc(Cl)c2)o1. The predicted molar refractivity (Wildman–Crippen MR) is 85.7 cm³/mol. The van der Waals surface area contributed by atoms with E-state index >= 15 is 0 Å². The van der Waals surface area contributed by atoms with Crippen LogP contribution in [0.2, 0.25) is 5.02 Å². The Morgan fingerprint density at radius 2 is 2.14 bits per heavy atom. The van der Waals surface area contributed by atoms with Gasteiger partial charge in [-0.15, -0.1) is 0 Å². The third-order valence-corrected chi connectivity index (χ3v) is 3.44. The average molecular weight is 313 g/mol. The van der Waals surface area contributed by atoms with Gasteiger partial charge in [-0.25, -0.2) is 0 Å². The maximum absolute atomic E-state index is 12.0. The number of hydrogen-bond donors (Lipinski definition) is 0. The highest BCUT2D eigenvalue weighted by Gasteiger charge is 2.07. The highest BCUT2D eigenvalue weighted by Crippen LogP contribution is 2.25. The Hall–Kier alpha value is -2.59. The van der Waals surface area contributed by atoms with E-state index in [2.05, 4.69) is 5.10 Å². The molecule has 4 nitrogen and oxygen atoms in total. The smallest absolute Gasteiger partial charge is 0.203 e. The predicted octanol–water partition coefficient (Wildman–Crippen LogP) is 4.23. The summed E-state index contributed by atoms with van der Waals surface area (Å²) >= 11 is 5.97. The van der Waals surface area contributed by atoms with Crippen LogP contribution in [0.3, 0.4) is 0 Å². The second-order valence-electron chi connectivity index (χ2n) is 4.75. The van der Waals surface area contributed by atoms with Gasteiger partial charge in [0.15, 0.2) is 0 Å². The lowest BCUT2D eigenvalue weighted by atomic mass is 10.2. The van der Waals surface area contributed by atoms with Crippen LogP contribution < -0.4 is 0 Å². The molecule has 0 saturated heterocycles. The number of furan rings is 1. The van der Waals surface area contributed by atoms with Crippen molar-refractivity contribution in [3.8, 4) is 11.3 Å². The van der Waals surface area contributed by atoms with Gasteiger partial charge in [0.2, 0.25) is 5.78 Å². The summed E-state index contributed by atoms with van der Waals surface area (Å²) in [6.45, 7) is 0. The molecule has 0 atom stereocenters. The van der Waals surface area contributed by atoms with E-state index in [9.17, 15) is 4.79 Å². The van der Waals surface area contributed by atoms with Crippen LogP contribution in [-0.4, -0.2) is 15.6 Å². The maximum atomic E-state index is 12.0. The Balaban J connectivity index is 1.78. The first-order valence-corrected chi connectivity index (χ1v) is 7.07. The first-order valence-electron chi connectivity index (χ1n) is 6.70. The largest absolute Gasteiger partial charge is 0.457 e. The zero-order valence-corrected chi connectivity index (χ0v) is 12.6. The van der Waals surface area contributed by atoms with Gasteiger partial charge < -0.3 is 4.42 Å². The first-order chi connectivity index (χ1) is 10.6. The lowest BCUT2D eigenvalue weighted by molar-refractivity contribution is 0.103. The summed E-state index contributed by atoms with van der Waals surface area (Å²) in [6, 6.07) is 12.7. The number of allylic oxidation sites excluding steroid dienone is 1. The normalized spacial score (nSPS) is 11.2. The van der Waals surface area contributed by atoms with Crippen LogP contribution in [0.1, 0.15) is 16.2 Å². The summed E-state index contributed by atoms with van der Waals surface area (Å²) in [5.74, 6) is 1.18. The summed E-state index contributed by atoms with van der Waals surface area (Å²) in [5, 5.41) is 4.62. The number of rotatable bonds is 4. The minimum absolute atomic E-state index is 0.124. The maximum Gasteiger partial charge on any atom is 0.203 e. The van der Waals surface area contributed by atoms with Crippen molar-refractivity contribution in [1.29, 1.82) is 0 Å². The molecular weight excluding hydrogens is 300 g/mol. The van der Waals surface area contributed by atoms with Gasteiger partial charge in [0, 0.05) is 23.8 Å². The van der Waals surface area contributed by atoms with Crippen molar-refractivity contribution in [2.75, 3.05) is 0 Å². The third kappa shape index (κ3) is 3.02. The van der Waals surface area contributed by atoms with E-state index in [4.69, 9.17) is 16.0 Å². The van der Waals surface area contributed by atoms with E-state index < -0.39 is 0 Å². The van der Waals surface area contributed by atoms with Gasteiger partial charge in [0.05, 0.1) is 0 Å². The molecule has 0 aliphatic heterocycles. The molecule has 0 amide bonds. The van der Waals surface area contributed by atoms with Gasteiger partial charge in [-0.1, -0.05) is 23.7 Å². The van der Waals surface area contributed by atoms with Gasteiger partial charge in [-0.05, 0) is 42.5 Å². The molecule has 2 aromatic heterocycles. The number of aromatic nitrogens is 2. The van der Waals surface area contributed by atoms with Crippen LogP contribution in [0.25, 0.3) is 17.4 Å². The van der Waals surface area contributed by atoms with Gasteiger partial charge in [0.25, 0.3) is 0 Å². The molecule has 22 heavy (non-hydrogen) atoms. The molecule has 5 heteroatoms. The van der Waals surface area contributed by atoms with E-state index in [0.717, 1.165) is 5.56 Å². The van der Waals surface area contributed by atoms with Crippen LogP contribution in [0.15, 0.2) is 59.2 Å². The minimum atomic E-state index is -0.124. The van der Waals surface area contributed by atoms with Crippen molar-refractivity contribution in [1.82, 2.24) is 9.78 Å². The molecule has 0 aliphatic rings. The Labute approximate surface area is 132 Å². The van der Waals surface area contributed by atoms with E-state index in [1.54, 1.807) is 31.5 Å². The highest BCUT2D eigenvalue weighted by atomic mass is 35.5. The van der Waals surface area contributed by atoms with Gasteiger partial charge in [0.1, 0.15) is 17.2 Å². The molecule has 1 aromatic carbocycles. The summed E-state index contributed by atoms with van der Waals surface area (Å²) in [5.41, 5.74) is 1.42. The van der Waals surface area contributed by atoms with E-state index in [1.807, 2.05) is 30.3 Å². The molecule has 0 spiro atoms. The molecule has 0 radical (unpaired) electrons. The summed E-state index contributed by atoms with van der Waals surface area (Å²) in [4.78, 5) is 12.0. The van der Waals surface area contributed by atoms with Crippen molar-refractivity contribution in [3.63, 3.8) is 0 Å². The number of hydrogen-bond acceptors (Lipinski definition) is 3. The van der Waals surface area contributed by atoms with E-state index in [0.29, 0.717) is 22.2 Å². The number of ketones is 1. The Morgan fingerprint density at radius 1 is 1.27 bits per heavy atom. The van der Waals surface area contributed by atoms with E-state index in [1.165, 1.54) is 10.8 Å². The molecule has 0 bridgehead atoms. The first kappa shape index (κ1) is 14.4. The van der Waals surface area contributed by atoms with Crippen molar-refractivity contribution in [2.24, 2.45) is 7.05 Å². The molecule has 110 valence electrons. The lowest BCUT2D eigenvalue weighted by Gasteiger charge is -1.97. The van der Waals surface area contributed by atoms with Gasteiger partial charge in [-0.3, -0.25) is 9.48 Å². The fourth-order valence-corrected chi connectivity index (χ4v) is 2.29. The fourth-order valence-electron chi connectivity index (χ4n) is 2.10. The summed E-state index contributed by atoms with van der Waals surface area (Å²) in [6.07, 6.45) is 4.70. The minimum Gasteiger partial charge on any atom is -0.457 e. The topological polar surface area (TPSA) is 48.0 Å². The molecule has 0 unspecified atom stereocenters. The number of carbonyl (C=O) groups excluding carboxylic acids is 1. The van der Waals surface area contributed by atoms with Gasteiger partial charge in [-0.2, -0.15) is 5.10 Å². The van der Waals surface area contributed by atoms with Crippen LogP contribution in [0, 0.1) is 0 Å². The van der Waals surface area contributed by atoms with Crippen molar-refractivity contribution in [2.45, 2.75) is 0 Å². The number of benzene rings is 1. The Kier molecular flexibility index (Phi) is 3.94. The average Bonchev–Trinajstić information content (AvgIpc) is 3.14. The van der Waals surface area contributed by atoms with Crippen LogP contribution in [0.4, 0.5) is 0 Å². The molecular formula is C17H13ClN2O2. The fraction of sp³-hybridized carbons (Fsp3) is 0.0588. The van der Waals surface area contributed by atoms with Crippen LogP contribution >= 0.6 is 11.6 Å². The molecule has 0 fully saturated rings.